The standard InChI is InChI=1S/C18H16ClN5O3/c1-10-5-11-6-12(7-14(19)16(11)27-10)22-15(25)3-4-24-9-20-17-13(18(24)26)8-21-23(17)2/h5-9H,3-4H2,1-2H3,(H,22,25). The van der Waals surface area contributed by atoms with E-state index in [2.05, 4.69) is 15.4 Å². The summed E-state index contributed by atoms with van der Waals surface area (Å²) in [6.07, 6.45) is 3.02. The van der Waals surface area contributed by atoms with Crippen LogP contribution in [0.5, 0.6) is 0 Å². The molecule has 27 heavy (non-hydrogen) atoms. The highest BCUT2D eigenvalue weighted by molar-refractivity contribution is 6.35. The number of nitrogens with one attached hydrogen (secondary N) is 1. The van der Waals surface area contributed by atoms with E-state index in [1.807, 2.05) is 13.0 Å². The first-order chi connectivity index (χ1) is 12.9. The summed E-state index contributed by atoms with van der Waals surface area (Å²) in [5.41, 5.74) is 1.46. The molecule has 3 aromatic heterocycles. The minimum atomic E-state index is -0.233. The largest absolute Gasteiger partial charge is 0.460 e. The van der Waals surface area contributed by atoms with E-state index >= 15 is 0 Å². The number of hydrogen-bond donors (Lipinski definition) is 1. The van der Waals surface area contributed by atoms with Crippen molar-refractivity contribution in [3.8, 4) is 0 Å². The van der Waals surface area contributed by atoms with Crippen molar-refractivity contribution in [3.05, 3.63) is 51.9 Å². The van der Waals surface area contributed by atoms with Crippen LogP contribution in [0.1, 0.15) is 12.2 Å². The molecular formula is C18H16ClN5O3. The molecule has 0 aliphatic rings. The van der Waals surface area contributed by atoms with Crippen molar-refractivity contribution in [2.24, 2.45) is 7.05 Å². The molecule has 0 saturated heterocycles. The van der Waals surface area contributed by atoms with Gasteiger partial charge in [0.15, 0.2) is 11.2 Å². The van der Waals surface area contributed by atoms with E-state index in [9.17, 15) is 9.59 Å². The molecule has 1 aromatic carbocycles. The number of carbonyl (C=O) groups is 1. The Kier molecular flexibility index (Phi) is 4.19. The maximum Gasteiger partial charge on any atom is 0.264 e. The average Bonchev–Trinajstić information content (AvgIpc) is 3.17. The number of aromatic nitrogens is 4. The van der Waals surface area contributed by atoms with E-state index < -0.39 is 0 Å². The summed E-state index contributed by atoms with van der Waals surface area (Å²) in [6, 6.07) is 5.29. The zero-order chi connectivity index (χ0) is 19.1. The van der Waals surface area contributed by atoms with E-state index in [4.69, 9.17) is 16.0 Å². The molecule has 3 heterocycles. The Morgan fingerprint density at radius 2 is 2.15 bits per heavy atom. The van der Waals surface area contributed by atoms with Gasteiger partial charge in [-0.1, -0.05) is 11.6 Å². The number of aryl methyl sites for hydroxylation is 3. The molecule has 4 aromatic rings. The number of furan rings is 1. The first-order valence-corrected chi connectivity index (χ1v) is 8.67. The van der Waals surface area contributed by atoms with Crippen LogP contribution in [0.2, 0.25) is 5.02 Å². The quantitative estimate of drug-likeness (QED) is 0.582. The van der Waals surface area contributed by atoms with E-state index in [0.717, 1.165) is 11.1 Å². The topological polar surface area (TPSA) is 95.0 Å². The lowest BCUT2D eigenvalue weighted by molar-refractivity contribution is -0.116. The molecule has 0 saturated carbocycles. The lowest BCUT2D eigenvalue weighted by atomic mass is 10.2. The van der Waals surface area contributed by atoms with Gasteiger partial charge in [-0.05, 0) is 25.1 Å². The second kappa shape index (κ2) is 6.55. The van der Waals surface area contributed by atoms with Crippen LogP contribution in [-0.2, 0) is 18.4 Å². The summed E-state index contributed by atoms with van der Waals surface area (Å²) in [4.78, 5) is 28.9. The summed E-state index contributed by atoms with van der Waals surface area (Å²) in [5, 5.41) is 8.49. The molecular weight excluding hydrogens is 370 g/mol. The van der Waals surface area contributed by atoms with Crippen molar-refractivity contribution < 1.29 is 9.21 Å². The zero-order valence-corrected chi connectivity index (χ0v) is 15.4. The van der Waals surface area contributed by atoms with Gasteiger partial charge in [0.25, 0.3) is 5.56 Å². The Morgan fingerprint density at radius 1 is 1.33 bits per heavy atom. The van der Waals surface area contributed by atoms with Gasteiger partial charge in [-0.25, -0.2) is 4.98 Å². The first kappa shape index (κ1) is 17.3. The number of carbonyl (C=O) groups excluding carboxylic acids is 1. The highest BCUT2D eigenvalue weighted by atomic mass is 35.5. The fraction of sp³-hybridized carbons (Fsp3) is 0.222. The maximum atomic E-state index is 12.4. The van der Waals surface area contributed by atoms with Crippen LogP contribution in [0, 0.1) is 6.92 Å². The van der Waals surface area contributed by atoms with E-state index in [1.165, 1.54) is 21.8 Å². The van der Waals surface area contributed by atoms with E-state index in [1.54, 1.807) is 19.2 Å². The molecule has 4 rings (SSSR count). The molecule has 0 spiro atoms. The molecule has 138 valence electrons. The Labute approximate surface area is 158 Å². The predicted molar refractivity (Wildman–Crippen MR) is 102 cm³/mol. The third kappa shape index (κ3) is 3.19. The van der Waals surface area contributed by atoms with Crippen molar-refractivity contribution >= 4 is 45.2 Å². The van der Waals surface area contributed by atoms with Gasteiger partial charge >= 0.3 is 0 Å². The molecule has 8 nitrogen and oxygen atoms in total. The van der Waals surface area contributed by atoms with Crippen LogP contribution >= 0.6 is 11.6 Å². The number of rotatable bonds is 4. The summed E-state index contributed by atoms with van der Waals surface area (Å²) < 4.78 is 8.45. The number of nitrogens with zero attached hydrogens (tertiary/aromatic N) is 4. The Hall–Kier alpha value is -3.13. The molecule has 0 radical (unpaired) electrons. The summed E-state index contributed by atoms with van der Waals surface area (Å²) >= 11 is 6.20. The third-order valence-corrected chi connectivity index (χ3v) is 4.56. The molecule has 1 amide bonds. The van der Waals surface area contributed by atoms with Crippen molar-refractivity contribution in [3.63, 3.8) is 0 Å². The van der Waals surface area contributed by atoms with E-state index in [0.29, 0.717) is 27.3 Å². The van der Waals surface area contributed by atoms with Crippen LogP contribution in [-0.4, -0.2) is 25.2 Å². The molecule has 0 fully saturated rings. The number of fused-ring (bicyclic) bond motifs is 2. The van der Waals surface area contributed by atoms with Gasteiger partial charge in [-0.15, -0.1) is 0 Å². The van der Waals surface area contributed by atoms with Crippen LogP contribution in [0.3, 0.4) is 0 Å². The summed E-state index contributed by atoms with van der Waals surface area (Å²) in [5.74, 6) is 0.511. The van der Waals surface area contributed by atoms with Gasteiger partial charge in [0, 0.05) is 31.1 Å². The Balaban J connectivity index is 1.49. The zero-order valence-electron chi connectivity index (χ0n) is 14.7. The van der Waals surface area contributed by atoms with Gasteiger partial charge in [0.2, 0.25) is 5.91 Å². The number of benzene rings is 1. The van der Waals surface area contributed by atoms with Crippen LogP contribution in [0.15, 0.2) is 39.9 Å². The highest BCUT2D eigenvalue weighted by Gasteiger charge is 2.12. The fourth-order valence-electron chi connectivity index (χ4n) is 2.98. The van der Waals surface area contributed by atoms with Crippen molar-refractivity contribution in [1.82, 2.24) is 19.3 Å². The molecule has 0 aliphatic heterocycles. The third-order valence-electron chi connectivity index (χ3n) is 4.28. The van der Waals surface area contributed by atoms with Crippen molar-refractivity contribution in [2.45, 2.75) is 19.9 Å². The van der Waals surface area contributed by atoms with Gasteiger partial charge < -0.3 is 9.73 Å². The van der Waals surface area contributed by atoms with Crippen LogP contribution in [0.25, 0.3) is 22.0 Å². The maximum absolute atomic E-state index is 12.4. The predicted octanol–water partition coefficient (Wildman–Crippen LogP) is 2.87. The first-order valence-electron chi connectivity index (χ1n) is 8.29. The monoisotopic (exact) mass is 385 g/mol. The normalized spacial score (nSPS) is 11.4. The van der Waals surface area contributed by atoms with Gasteiger partial charge in [-0.3, -0.25) is 18.8 Å². The number of halogens is 1. The average molecular weight is 386 g/mol. The lowest BCUT2D eigenvalue weighted by Gasteiger charge is -2.08. The molecule has 1 N–H and O–H groups in total. The molecule has 0 aliphatic carbocycles. The van der Waals surface area contributed by atoms with Crippen molar-refractivity contribution in [2.75, 3.05) is 5.32 Å². The van der Waals surface area contributed by atoms with Gasteiger partial charge in [0.05, 0.1) is 17.5 Å². The SMILES string of the molecule is Cc1cc2cc(NC(=O)CCn3cnc4c(cnn4C)c3=O)cc(Cl)c2o1. The van der Waals surface area contributed by atoms with Crippen molar-refractivity contribution in [1.29, 1.82) is 0 Å². The summed E-state index contributed by atoms with van der Waals surface area (Å²) in [6.45, 7) is 2.04. The molecule has 0 unspecified atom stereocenters. The number of hydrogen-bond acceptors (Lipinski definition) is 5. The molecule has 9 heteroatoms. The Morgan fingerprint density at radius 3 is 2.96 bits per heavy atom. The fourth-order valence-corrected chi connectivity index (χ4v) is 3.25. The second-order valence-electron chi connectivity index (χ2n) is 6.28. The van der Waals surface area contributed by atoms with Crippen LogP contribution < -0.4 is 10.9 Å². The number of anilines is 1. The highest BCUT2D eigenvalue weighted by Crippen LogP contribution is 2.30. The number of amides is 1. The molecule has 0 bridgehead atoms. The van der Waals surface area contributed by atoms with Gasteiger partial charge in [0.1, 0.15) is 11.1 Å². The minimum Gasteiger partial charge on any atom is -0.460 e. The smallest absolute Gasteiger partial charge is 0.264 e. The van der Waals surface area contributed by atoms with Gasteiger partial charge in [-0.2, -0.15) is 5.10 Å². The second-order valence-corrected chi connectivity index (χ2v) is 6.69. The summed E-state index contributed by atoms with van der Waals surface area (Å²) in [7, 11) is 1.72. The lowest BCUT2D eigenvalue weighted by Crippen LogP contribution is -2.23. The Bertz CT molecular complexity index is 1240. The van der Waals surface area contributed by atoms with E-state index in [-0.39, 0.29) is 24.4 Å². The minimum absolute atomic E-state index is 0.118. The molecule has 0 atom stereocenters. The van der Waals surface area contributed by atoms with Crippen LogP contribution in [0.4, 0.5) is 5.69 Å².